The fraction of sp³-hybridized carbons (Fsp3) is 0.412. The Morgan fingerprint density at radius 1 is 1.42 bits per heavy atom. The number of aryl methyl sites for hydroxylation is 1. The first kappa shape index (κ1) is 16.3. The molecule has 2 aromatic rings. The van der Waals surface area contributed by atoms with E-state index in [1.807, 2.05) is 13.0 Å². The molecule has 0 saturated carbocycles. The van der Waals surface area contributed by atoms with Crippen molar-refractivity contribution in [1.82, 2.24) is 19.9 Å². The smallest absolute Gasteiger partial charge is 0.255 e. The average Bonchev–Trinajstić information content (AvgIpc) is 2.80. The molecule has 1 atom stereocenters. The zero-order valence-corrected chi connectivity index (χ0v) is 13.6. The first-order chi connectivity index (χ1) is 11.6. The molecule has 24 heavy (non-hydrogen) atoms. The van der Waals surface area contributed by atoms with Gasteiger partial charge in [-0.15, -0.1) is 0 Å². The zero-order chi connectivity index (χ0) is 16.9. The second kappa shape index (κ2) is 7.35. The molecule has 0 aliphatic carbocycles. The van der Waals surface area contributed by atoms with Gasteiger partial charge in [0.15, 0.2) is 0 Å². The normalized spacial score (nSPS) is 18.2. The summed E-state index contributed by atoms with van der Waals surface area (Å²) in [6.45, 7) is 4.06. The first-order valence-electron chi connectivity index (χ1n) is 7.95. The van der Waals surface area contributed by atoms with Crippen molar-refractivity contribution in [2.45, 2.75) is 13.3 Å². The van der Waals surface area contributed by atoms with Gasteiger partial charge in [0.2, 0.25) is 0 Å². The fourth-order valence-electron chi connectivity index (χ4n) is 2.78. The monoisotopic (exact) mass is 328 g/mol. The number of H-pyrrole nitrogens is 1. The van der Waals surface area contributed by atoms with Crippen LogP contribution in [0.2, 0.25) is 0 Å². The number of carbonyl (C=O) groups is 1. The first-order valence-corrected chi connectivity index (χ1v) is 7.95. The Morgan fingerprint density at radius 2 is 2.29 bits per heavy atom. The van der Waals surface area contributed by atoms with E-state index in [4.69, 9.17) is 4.74 Å². The van der Waals surface area contributed by atoms with Crippen molar-refractivity contribution in [3.8, 4) is 0 Å². The predicted octanol–water partition coefficient (Wildman–Crippen LogP) is 0.805. The Labute approximate surface area is 139 Å². The van der Waals surface area contributed by atoms with Crippen molar-refractivity contribution in [2.75, 3.05) is 26.3 Å². The van der Waals surface area contributed by atoms with Gasteiger partial charge in [0.05, 0.1) is 25.1 Å². The number of hydrogen-bond acceptors (Lipinski definition) is 5. The van der Waals surface area contributed by atoms with Crippen molar-refractivity contribution >= 4 is 5.91 Å². The van der Waals surface area contributed by atoms with E-state index >= 15 is 0 Å². The molecular formula is C17H20N4O3. The van der Waals surface area contributed by atoms with E-state index in [1.165, 1.54) is 12.4 Å². The number of hydrogen-bond donors (Lipinski definition) is 1. The van der Waals surface area contributed by atoms with Crippen molar-refractivity contribution in [2.24, 2.45) is 5.92 Å². The molecule has 1 N–H and O–H groups in total. The molecule has 2 aromatic heterocycles. The van der Waals surface area contributed by atoms with Crippen LogP contribution in [0.1, 0.15) is 21.7 Å². The van der Waals surface area contributed by atoms with Crippen LogP contribution in [0.3, 0.4) is 0 Å². The molecule has 0 spiro atoms. The number of nitrogens with one attached hydrogen (secondary N) is 1. The molecule has 126 valence electrons. The molecule has 3 rings (SSSR count). The van der Waals surface area contributed by atoms with Gasteiger partial charge in [-0.25, -0.2) is 4.98 Å². The van der Waals surface area contributed by atoms with E-state index in [-0.39, 0.29) is 17.4 Å². The third-order valence-corrected chi connectivity index (χ3v) is 4.02. The molecule has 0 unspecified atom stereocenters. The summed E-state index contributed by atoms with van der Waals surface area (Å²) >= 11 is 0. The fourth-order valence-corrected chi connectivity index (χ4v) is 2.78. The minimum atomic E-state index is -0.173. The largest absolute Gasteiger partial charge is 0.379 e. The van der Waals surface area contributed by atoms with Crippen LogP contribution in [0.5, 0.6) is 0 Å². The minimum absolute atomic E-state index is 0.0446. The summed E-state index contributed by atoms with van der Waals surface area (Å²) in [7, 11) is 0. The van der Waals surface area contributed by atoms with E-state index in [0.29, 0.717) is 44.0 Å². The standard InChI is InChI=1S/C17H20N4O3/c1-12-2-3-14(8-18-12)17(23)21-4-5-24-10-13(9-21)6-15-7-16(22)20-11-19-15/h2-3,7-8,11,13H,4-6,9-10H2,1H3,(H,19,20,22)/t13-/m0/s1. The Morgan fingerprint density at radius 3 is 3.04 bits per heavy atom. The highest BCUT2D eigenvalue weighted by Crippen LogP contribution is 2.14. The summed E-state index contributed by atoms with van der Waals surface area (Å²) in [4.78, 5) is 36.7. The molecule has 1 amide bonds. The maximum atomic E-state index is 12.7. The molecule has 0 bridgehead atoms. The number of carbonyl (C=O) groups excluding carboxylic acids is 1. The van der Waals surface area contributed by atoms with E-state index in [0.717, 1.165) is 5.69 Å². The second-order valence-electron chi connectivity index (χ2n) is 5.99. The van der Waals surface area contributed by atoms with E-state index in [1.54, 1.807) is 17.2 Å². The van der Waals surface area contributed by atoms with Crippen molar-refractivity contribution < 1.29 is 9.53 Å². The number of aromatic nitrogens is 3. The Hall–Kier alpha value is -2.54. The van der Waals surface area contributed by atoms with Gasteiger partial charge < -0.3 is 14.6 Å². The van der Waals surface area contributed by atoms with Gasteiger partial charge in [0.25, 0.3) is 11.5 Å². The SMILES string of the molecule is Cc1ccc(C(=O)N2CCOC[C@@H](Cc3cc(=O)[nH]cn3)C2)cn1. The lowest BCUT2D eigenvalue weighted by Crippen LogP contribution is -2.36. The van der Waals surface area contributed by atoms with Crippen LogP contribution in [-0.2, 0) is 11.2 Å². The van der Waals surface area contributed by atoms with Crippen LogP contribution in [0.15, 0.2) is 35.5 Å². The lowest BCUT2D eigenvalue weighted by Gasteiger charge is -2.23. The highest BCUT2D eigenvalue weighted by atomic mass is 16.5. The Bertz CT molecular complexity index is 757. The third kappa shape index (κ3) is 4.05. The molecule has 7 nitrogen and oxygen atoms in total. The minimum Gasteiger partial charge on any atom is -0.379 e. The van der Waals surface area contributed by atoms with E-state index in [9.17, 15) is 9.59 Å². The average molecular weight is 328 g/mol. The number of aromatic amines is 1. The maximum Gasteiger partial charge on any atom is 0.255 e. The van der Waals surface area contributed by atoms with Gasteiger partial charge >= 0.3 is 0 Å². The van der Waals surface area contributed by atoms with Crippen molar-refractivity contribution in [3.05, 3.63) is 58.0 Å². The second-order valence-corrected chi connectivity index (χ2v) is 5.99. The molecule has 3 heterocycles. The summed E-state index contributed by atoms with van der Waals surface area (Å²) in [6.07, 6.45) is 3.60. The molecule has 1 aliphatic heterocycles. The maximum absolute atomic E-state index is 12.7. The van der Waals surface area contributed by atoms with Gasteiger partial charge in [-0.3, -0.25) is 14.6 Å². The molecule has 0 radical (unpaired) electrons. The van der Waals surface area contributed by atoms with Crippen LogP contribution in [0.25, 0.3) is 0 Å². The summed E-state index contributed by atoms with van der Waals surface area (Å²) in [5, 5.41) is 0. The molecule has 1 fully saturated rings. The summed E-state index contributed by atoms with van der Waals surface area (Å²) in [6, 6.07) is 5.11. The molecule has 1 saturated heterocycles. The predicted molar refractivity (Wildman–Crippen MR) is 87.7 cm³/mol. The summed E-state index contributed by atoms with van der Waals surface area (Å²) in [5.41, 5.74) is 1.99. The third-order valence-electron chi connectivity index (χ3n) is 4.02. The lowest BCUT2D eigenvalue weighted by molar-refractivity contribution is 0.0737. The lowest BCUT2D eigenvalue weighted by atomic mass is 10.0. The van der Waals surface area contributed by atoms with Gasteiger partial charge in [-0.05, 0) is 25.5 Å². The Balaban J connectivity index is 1.71. The van der Waals surface area contributed by atoms with Crippen LogP contribution in [-0.4, -0.2) is 52.1 Å². The number of pyridine rings is 1. The van der Waals surface area contributed by atoms with Gasteiger partial charge in [0.1, 0.15) is 0 Å². The van der Waals surface area contributed by atoms with Gasteiger partial charge in [0, 0.05) is 42.7 Å². The number of nitrogens with zero attached hydrogens (tertiary/aromatic N) is 3. The molecular weight excluding hydrogens is 308 g/mol. The Kier molecular flexibility index (Phi) is 5.00. The van der Waals surface area contributed by atoms with E-state index in [2.05, 4.69) is 15.0 Å². The van der Waals surface area contributed by atoms with E-state index < -0.39 is 0 Å². The van der Waals surface area contributed by atoms with Crippen LogP contribution in [0.4, 0.5) is 0 Å². The number of ether oxygens (including phenoxy) is 1. The van der Waals surface area contributed by atoms with Gasteiger partial charge in [-0.2, -0.15) is 0 Å². The topological polar surface area (TPSA) is 88.2 Å². The molecule has 1 aliphatic rings. The quantitative estimate of drug-likeness (QED) is 0.900. The highest BCUT2D eigenvalue weighted by molar-refractivity contribution is 5.93. The number of amides is 1. The zero-order valence-electron chi connectivity index (χ0n) is 13.6. The van der Waals surface area contributed by atoms with Crippen LogP contribution in [0, 0.1) is 12.8 Å². The molecule has 7 heteroatoms. The van der Waals surface area contributed by atoms with Crippen LogP contribution >= 0.6 is 0 Å². The summed E-state index contributed by atoms with van der Waals surface area (Å²) < 4.78 is 5.62. The van der Waals surface area contributed by atoms with Crippen LogP contribution < -0.4 is 5.56 Å². The number of rotatable bonds is 3. The summed E-state index contributed by atoms with van der Waals surface area (Å²) in [5.74, 6) is 0.0565. The van der Waals surface area contributed by atoms with Gasteiger partial charge in [-0.1, -0.05) is 0 Å². The molecule has 0 aromatic carbocycles. The van der Waals surface area contributed by atoms with Crippen molar-refractivity contribution in [1.29, 1.82) is 0 Å². The van der Waals surface area contributed by atoms with Crippen molar-refractivity contribution in [3.63, 3.8) is 0 Å². The highest BCUT2D eigenvalue weighted by Gasteiger charge is 2.24.